The van der Waals surface area contributed by atoms with E-state index in [1.165, 1.54) is 0 Å². The molecule has 0 unspecified atom stereocenters. The number of aromatic nitrogens is 2. The minimum Gasteiger partial charge on any atom is -0.461 e. The minimum absolute atomic E-state index is 0.0644. The van der Waals surface area contributed by atoms with Crippen molar-refractivity contribution in [3.63, 3.8) is 0 Å². The van der Waals surface area contributed by atoms with Crippen LogP contribution >= 0.6 is 0 Å². The molecule has 4 rings (SSSR count). The van der Waals surface area contributed by atoms with E-state index in [0.717, 1.165) is 9.47 Å². The fourth-order valence-corrected chi connectivity index (χ4v) is 5.28. The molecule has 1 atom stereocenters. The molecule has 0 radical (unpaired) electrons. The number of hydrogen-bond donors (Lipinski definition) is 1. The largest absolute Gasteiger partial charge is 0.461 e. The van der Waals surface area contributed by atoms with Gasteiger partial charge < -0.3 is 29.0 Å². The molecule has 11 nitrogen and oxygen atoms in total. The normalized spacial score (nSPS) is 16.4. The molecule has 0 saturated carbocycles. The summed E-state index contributed by atoms with van der Waals surface area (Å²) < 4.78 is 100. The van der Waals surface area contributed by atoms with Crippen molar-refractivity contribution >= 4 is 18.0 Å². The van der Waals surface area contributed by atoms with Crippen LogP contribution in [0.2, 0.25) is 0 Å². The Balaban J connectivity index is 1.49. The molecule has 1 aromatic heterocycles. The first-order valence-corrected chi connectivity index (χ1v) is 15.1. The number of ether oxygens (including phenoxy) is 3. The van der Waals surface area contributed by atoms with E-state index in [2.05, 4.69) is 15.2 Å². The molecule has 1 fully saturated rings. The van der Waals surface area contributed by atoms with E-state index in [1.807, 2.05) is 0 Å². The van der Waals surface area contributed by atoms with Crippen LogP contribution in [0.1, 0.15) is 61.2 Å². The summed E-state index contributed by atoms with van der Waals surface area (Å²) in [6.45, 7) is 6.86. The molecule has 1 aromatic carbocycles. The number of carbonyl (C=O) groups is 3. The molecule has 1 saturated heterocycles. The fraction of sp³-hybridized carbons (Fsp3) is 0.600. The summed E-state index contributed by atoms with van der Waals surface area (Å²) in [4.78, 5) is 45.7. The van der Waals surface area contributed by atoms with Crippen LogP contribution in [-0.2, 0) is 44.7 Å². The van der Waals surface area contributed by atoms with Gasteiger partial charge in [-0.2, -0.15) is 13.2 Å². The Morgan fingerprint density at radius 3 is 2.34 bits per heavy atom. The number of benzene rings is 1. The van der Waals surface area contributed by atoms with Crippen molar-refractivity contribution in [2.24, 2.45) is 0 Å². The van der Waals surface area contributed by atoms with Gasteiger partial charge in [-0.25, -0.2) is 27.7 Å². The number of imidazole rings is 1. The lowest BCUT2D eigenvalue weighted by molar-refractivity contribution is -0.148. The molecule has 0 bridgehead atoms. The summed E-state index contributed by atoms with van der Waals surface area (Å²) in [6.07, 6.45) is -6.39. The van der Waals surface area contributed by atoms with Gasteiger partial charge in [0.2, 0.25) is 11.7 Å². The van der Waals surface area contributed by atoms with Gasteiger partial charge in [0.25, 0.3) is 0 Å². The number of morpholine rings is 1. The first-order chi connectivity index (χ1) is 22.0. The van der Waals surface area contributed by atoms with Crippen molar-refractivity contribution in [2.45, 2.75) is 70.9 Å². The maximum absolute atomic E-state index is 14.5. The average molecular weight is 678 g/mol. The predicted octanol–water partition coefficient (Wildman–Crippen LogP) is 4.07. The van der Waals surface area contributed by atoms with Gasteiger partial charge in [-0.05, 0) is 45.2 Å². The van der Waals surface area contributed by atoms with E-state index >= 15 is 0 Å². The van der Waals surface area contributed by atoms with Crippen LogP contribution in [0.15, 0.2) is 12.1 Å². The Morgan fingerprint density at radius 2 is 1.68 bits per heavy atom. The lowest BCUT2D eigenvalue weighted by Gasteiger charge is -2.31. The summed E-state index contributed by atoms with van der Waals surface area (Å²) in [5, 5.41) is 2.44. The third kappa shape index (κ3) is 9.82. The summed E-state index contributed by atoms with van der Waals surface area (Å²) in [6, 6.07) is -0.245. The van der Waals surface area contributed by atoms with Crippen LogP contribution in [0.3, 0.4) is 0 Å². The number of carbonyl (C=O) groups excluding carboxylic acids is 3. The number of esters is 1. The third-order valence-electron chi connectivity index (χ3n) is 7.46. The number of hydrogen-bond acceptors (Lipinski definition) is 8. The number of alkyl halides is 3. The SMILES string of the molecule is CC(C)(C)OC(=O)N[C@@H](CC(=O)N1CCn2c(C(F)(F)F)nc(C(=O)OCCCN3CCOCC3)c2C1)Cc1cc(F)c(F)cc1F. The summed E-state index contributed by atoms with van der Waals surface area (Å²) in [5.41, 5.74) is -2.03. The van der Waals surface area contributed by atoms with Crippen LogP contribution in [0.5, 0.6) is 0 Å². The molecule has 0 aliphatic carbocycles. The zero-order valence-corrected chi connectivity index (χ0v) is 26.2. The molecular formula is C30H37F6N5O6. The van der Waals surface area contributed by atoms with E-state index in [1.54, 1.807) is 20.8 Å². The Kier molecular flexibility index (Phi) is 11.4. The Labute approximate surface area is 267 Å². The van der Waals surface area contributed by atoms with Crippen molar-refractivity contribution in [2.75, 3.05) is 46.0 Å². The van der Waals surface area contributed by atoms with Crippen LogP contribution < -0.4 is 5.32 Å². The monoisotopic (exact) mass is 677 g/mol. The van der Waals surface area contributed by atoms with E-state index in [-0.39, 0.29) is 31.0 Å². The van der Waals surface area contributed by atoms with Crippen molar-refractivity contribution in [3.05, 3.63) is 52.4 Å². The Morgan fingerprint density at radius 1 is 1.00 bits per heavy atom. The van der Waals surface area contributed by atoms with Crippen molar-refractivity contribution in [1.29, 1.82) is 0 Å². The highest BCUT2D eigenvalue weighted by Crippen LogP contribution is 2.33. The molecule has 3 heterocycles. The predicted molar refractivity (Wildman–Crippen MR) is 153 cm³/mol. The Bertz CT molecular complexity index is 1450. The summed E-state index contributed by atoms with van der Waals surface area (Å²) in [5.74, 6) is -6.93. The van der Waals surface area contributed by atoms with Gasteiger partial charge in [-0.15, -0.1) is 0 Å². The van der Waals surface area contributed by atoms with Crippen molar-refractivity contribution < 1.29 is 54.9 Å². The molecule has 2 amide bonds. The number of amides is 2. The maximum atomic E-state index is 14.5. The van der Waals surface area contributed by atoms with Gasteiger partial charge in [-0.1, -0.05) is 0 Å². The fourth-order valence-electron chi connectivity index (χ4n) is 5.28. The molecule has 2 aromatic rings. The highest BCUT2D eigenvalue weighted by molar-refractivity contribution is 5.89. The van der Waals surface area contributed by atoms with Gasteiger partial charge in [0.15, 0.2) is 17.3 Å². The highest BCUT2D eigenvalue weighted by Gasteiger charge is 2.42. The number of halogens is 6. The second-order valence-corrected chi connectivity index (χ2v) is 12.2. The second-order valence-electron chi connectivity index (χ2n) is 12.2. The molecule has 17 heteroatoms. The summed E-state index contributed by atoms with van der Waals surface area (Å²) >= 11 is 0. The quantitative estimate of drug-likeness (QED) is 0.173. The maximum Gasteiger partial charge on any atom is 0.449 e. The van der Waals surface area contributed by atoms with Crippen LogP contribution in [0, 0.1) is 17.5 Å². The lowest BCUT2D eigenvalue weighted by Crippen LogP contribution is -2.45. The van der Waals surface area contributed by atoms with Gasteiger partial charge in [0.1, 0.15) is 11.4 Å². The summed E-state index contributed by atoms with van der Waals surface area (Å²) in [7, 11) is 0. The number of nitrogens with one attached hydrogen (secondary N) is 1. The van der Waals surface area contributed by atoms with E-state index in [0.29, 0.717) is 51.4 Å². The van der Waals surface area contributed by atoms with Crippen LogP contribution in [-0.4, -0.2) is 95.0 Å². The molecule has 47 heavy (non-hydrogen) atoms. The number of nitrogens with zero attached hydrogens (tertiary/aromatic N) is 4. The lowest BCUT2D eigenvalue weighted by atomic mass is 10.0. The van der Waals surface area contributed by atoms with Crippen LogP contribution in [0.4, 0.5) is 31.1 Å². The van der Waals surface area contributed by atoms with Crippen molar-refractivity contribution in [3.8, 4) is 0 Å². The molecule has 2 aliphatic rings. The molecular weight excluding hydrogens is 640 g/mol. The molecule has 260 valence electrons. The molecule has 0 spiro atoms. The zero-order chi connectivity index (χ0) is 34.5. The van der Waals surface area contributed by atoms with E-state index < -0.39 is 84.1 Å². The zero-order valence-electron chi connectivity index (χ0n) is 26.2. The smallest absolute Gasteiger partial charge is 0.449 e. The van der Waals surface area contributed by atoms with Gasteiger partial charge in [0.05, 0.1) is 32.1 Å². The first-order valence-electron chi connectivity index (χ1n) is 15.1. The topological polar surface area (TPSA) is 115 Å². The first kappa shape index (κ1) is 36.0. The molecule has 2 aliphatic heterocycles. The minimum atomic E-state index is -4.90. The van der Waals surface area contributed by atoms with Crippen LogP contribution in [0.25, 0.3) is 0 Å². The second kappa shape index (κ2) is 14.9. The molecule has 1 N–H and O–H groups in total. The van der Waals surface area contributed by atoms with Gasteiger partial charge in [-0.3, -0.25) is 9.69 Å². The Hall–Kier alpha value is -3.86. The number of rotatable bonds is 10. The van der Waals surface area contributed by atoms with Crippen molar-refractivity contribution in [1.82, 2.24) is 24.7 Å². The standard InChI is InChI=1S/C30H37F6N5O6/c1-29(2,3)47-28(44)37-19(13-18-14-21(32)22(33)16-20(18)31)15-24(42)40-6-7-41-23(17-40)25(38-27(41)30(34,35)36)26(43)46-10-4-5-39-8-11-45-12-9-39/h14,16,19H,4-13,15,17H2,1-3H3,(H,37,44)/t19-/m1/s1. The highest BCUT2D eigenvalue weighted by atomic mass is 19.4. The average Bonchev–Trinajstić information content (AvgIpc) is 3.37. The van der Waals surface area contributed by atoms with E-state index in [9.17, 15) is 40.7 Å². The van der Waals surface area contributed by atoms with Gasteiger partial charge >= 0.3 is 18.2 Å². The number of fused-ring (bicyclic) bond motifs is 1. The van der Waals surface area contributed by atoms with E-state index in [4.69, 9.17) is 14.2 Å². The number of alkyl carbamates (subject to hydrolysis) is 1. The van der Waals surface area contributed by atoms with Gasteiger partial charge in [0, 0.05) is 51.3 Å². The third-order valence-corrected chi connectivity index (χ3v) is 7.46.